The normalized spacial score (nSPS) is 10.8. The number of rotatable bonds is 8. The summed E-state index contributed by atoms with van der Waals surface area (Å²) in [6.45, 7) is 3.39. The van der Waals surface area contributed by atoms with Crippen LogP contribution in [0, 0.1) is 11.3 Å². The number of nitrogens with zero attached hydrogens (tertiary/aromatic N) is 2. The number of carbonyl (C=O) groups excluding carboxylic acids is 1. The molecule has 5 nitrogen and oxygen atoms in total. The van der Waals surface area contributed by atoms with Crippen LogP contribution in [0.2, 0.25) is 0 Å². The lowest BCUT2D eigenvalue weighted by Gasteiger charge is -2.17. The molecule has 0 spiro atoms. The molecule has 5 heteroatoms. The van der Waals surface area contributed by atoms with E-state index in [1.807, 2.05) is 43.3 Å². The molecule has 2 N–H and O–H groups in total. The first-order valence-corrected chi connectivity index (χ1v) is 7.00. The number of aliphatic hydroxyl groups excluding tert-OH is 1. The highest BCUT2D eigenvalue weighted by Gasteiger charge is 2.10. The second kappa shape index (κ2) is 9.56. The fourth-order valence-corrected chi connectivity index (χ4v) is 1.82. The molecule has 0 unspecified atom stereocenters. The van der Waals surface area contributed by atoms with Crippen molar-refractivity contribution in [3.8, 4) is 6.07 Å². The Hall–Kier alpha value is -2.32. The van der Waals surface area contributed by atoms with Gasteiger partial charge < -0.3 is 15.3 Å². The van der Waals surface area contributed by atoms with E-state index in [1.165, 1.54) is 6.20 Å². The Labute approximate surface area is 125 Å². The fourth-order valence-electron chi connectivity index (χ4n) is 1.82. The number of hydrogen-bond acceptors (Lipinski definition) is 4. The van der Waals surface area contributed by atoms with Crippen LogP contribution in [0.15, 0.2) is 42.1 Å². The number of nitriles is 1. The molecule has 0 aliphatic rings. The third-order valence-electron chi connectivity index (χ3n) is 3.01. The third-order valence-corrected chi connectivity index (χ3v) is 3.01. The minimum Gasteiger partial charge on any atom is -0.395 e. The molecule has 1 aromatic carbocycles. The number of nitrogens with one attached hydrogen (secondary N) is 1. The predicted octanol–water partition coefficient (Wildman–Crippen LogP) is 1.07. The summed E-state index contributed by atoms with van der Waals surface area (Å²) in [6.07, 6.45) is 2.22. The van der Waals surface area contributed by atoms with Gasteiger partial charge in [0.2, 0.25) is 0 Å². The van der Waals surface area contributed by atoms with Crippen molar-refractivity contribution in [1.82, 2.24) is 10.2 Å². The van der Waals surface area contributed by atoms with Gasteiger partial charge in [0, 0.05) is 25.8 Å². The zero-order valence-electron chi connectivity index (χ0n) is 12.2. The maximum Gasteiger partial charge on any atom is 0.263 e. The number of benzene rings is 1. The van der Waals surface area contributed by atoms with Gasteiger partial charge in [-0.05, 0) is 18.9 Å². The fraction of sp³-hybridized carbons (Fsp3) is 0.375. The Morgan fingerprint density at radius 1 is 1.43 bits per heavy atom. The molecule has 1 rings (SSSR count). The van der Waals surface area contributed by atoms with Gasteiger partial charge in [0.15, 0.2) is 0 Å². The van der Waals surface area contributed by atoms with Gasteiger partial charge in [-0.3, -0.25) is 4.79 Å². The Bertz CT molecular complexity index is 506. The van der Waals surface area contributed by atoms with E-state index in [0.29, 0.717) is 19.6 Å². The van der Waals surface area contributed by atoms with E-state index in [4.69, 9.17) is 10.4 Å². The molecule has 0 saturated heterocycles. The van der Waals surface area contributed by atoms with E-state index in [9.17, 15) is 4.79 Å². The molecule has 0 fully saturated rings. The highest BCUT2D eigenvalue weighted by atomic mass is 16.3. The Morgan fingerprint density at radius 2 is 2.14 bits per heavy atom. The summed E-state index contributed by atoms with van der Waals surface area (Å²) >= 11 is 0. The summed E-state index contributed by atoms with van der Waals surface area (Å²) < 4.78 is 0. The summed E-state index contributed by atoms with van der Waals surface area (Å²) in [5.41, 5.74) is 1.19. The lowest BCUT2D eigenvalue weighted by Crippen LogP contribution is -2.29. The Balaban J connectivity index is 2.52. The van der Waals surface area contributed by atoms with Crippen LogP contribution in [0.4, 0.5) is 0 Å². The number of hydrogen-bond donors (Lipinski definition) is 2. The molecule has 0 saturated carbocycles. The van der Waals surface area contributed by atoms with E-state index >= 15 is 0 Å². The van der Waals surface area contributed by atoms with E-state index in [2.05, 4.69) is 5.32 Å². The maximum atomic E-state index is 11.9. The number of likely N-dealkylation sites (N-methyl/N-ethyl adjacent to an activating group) is 1. The summed E-state index contributed by atoms with van der Waals surface area (Å²) in [4.78, 5) is 13.7. The lowest BCUT2D eigenvalue weighted by molar-refractivity contribution is -0.117. The molecule has 0 radical (unpaired) electrons. The van der Waals surface area contributed by atoms with Crippen LogP contribution in [-0.4, -0.2) is 42.2 Å². The van der Waals surface area contributed by atoms with Crippen molar-refractivity contribution in [2.45, 2.75) is 13.3 Å². The van der Waals surface area contributed by atoms with Crippen LogP contribution >= 0.6 is 0 Å². The van der Waals surface area contributed by atoms with Crippen LogP contribution in [0.3, 0.4) is 0 Å². The SMILES string of the molecule is CCN(/C=C(/C#N)C(=O)NCCc1ccccc1)CCO. The van der Waals surface area contributed by atoms with Gasteiger partial charge in [0.1, 0.15) is 11.6 Å². The smallest absolute Gasteiger partial charge is 0.263 e. The zero-order valence-corrected chi connectivity index (χ0v) is 12.2. The quantitative estimate of drug-likeness (QED) is 0.554. The second-order valence-corrected chi connectivity index (χ2v) is 4.50. The Morgan fingerprint density at radius 3 is 2.71 bits per heavy atom. The first-order chi connectivity index (χ1) is 10.2. The van der Waals surface area contributed by atoms with Gasteiger partial charge in [-0.25, -0.2) is 0 Å². The molecule has 0 bridgehead atoms. The average Bonchev–Trinajstić information content (AvgIpc) is 2.52. The molecular weight excluding hydrogens is 266 g/mol. The van der Waals surface area contributed by atoms with E-state index in [1.54, 1.807) is 4.90 Å². The maximum absolute atomic E-state index is 11.9. The van der Waals surface area contributed by atoms with Crippen molar-refractivity contribution in [2.75, 3.05) is 26.2 Å². The monoisotopic (exact) mass is 287 g/mol. The summed E-state index contributed by atoms with van der Waals surface area (Å²) in [7, 11) is 0. The molecule has 0 heterocycles. The summed E-state index contributed by atoms with van der Waals surface area (Å²) in [5.74, 6) is -0.384. The van der Waals surface area contributed by atoms with Gasteiger partial charge >= 0.3 is 0 Å². The average molecular weight is 287 g/mol. The van der Waals surface area contributed by atoms with E-state index in [-0.39, 0.29) is 18.1 Å². The molecule has 0 aliphatic heterocycles. The van der Waals surface area contributed by atoms with Crippen molar-refractivity contribution in [3.63, 3.8) is 0 Å². The van der Waals surface area contributed by atoms with E-state index < -0.39 is 0 Å². The van der Waals surface area contributed by atoms with Crippen molar-refractivity contribution >= 4 is 5.91 Å². The first-order valence-electron chi connectivity index (χ1n) is 7.00. The molecule has 21 heavy (non-hydrogen) atoms. The predicted molar refractivity (Wildman–Crippen MR) is 81.2 cm³/mol. The first kappa shape index (κ1) is 16.7. The third kappa shape index (κ3) is 6.11. The highest BCUT2D eigenvalue weighted by Crippen LogP contribution is 2.00. The zero-order chi connectivity index (χ0) is 15.5. The standard InChI is InChI=1S/C16H21N3O2/c1-2-19(10-11-20)13-15(12-17)16(21)18-9-8-14-6-4-3-5-7-14/h3-7,13,20H,2,8-11H2,1H3,(H,18,21)/b15-13-. The summed E-state index contributed by atoms with van der Waals surface area (Å²) in [6, 6.07) is 11.7. The number of amides is 1. The van der Waals surface area contributed by atoms with Crippen molar-refractivity contribution < 1.29 is 9.90 Å². The summed E-state index contributed by atoms with van der Waals surface area (Å²) in [5, 5.41) is 20.7. The number of carbonyl (C=O) groups is 1. The molecule has 0 atom stereocenters. The van der Waals surface area contributed by atoms with Gasteiger partial charge in [-0.2, -0.15) is 5.26 Å². The molecular formula is C16H21N3O2. The highest BCUT2D eigenvalue weighted by molar-refractivity contribution is 5.97. The molecule has 1 aromatic rings. The van der Waals surface area contributed by atoms with Crippen LogP contribution in [0.25, 0.3) is 0 Å². The largest absolute Gasteiger partial charge is 0.395 e. The van der Waals surface area contributed by atoms with E-state index in [0.717, 1.165) is 12.0 Å². The topological polar surface area (TPSA) is 76.4 Å². The lowest BCUT2D eigenvalue weighted by atomic mass is 10.1. The minimum absolute atomic E-state index is 0.0152. The van der Waals surface area contributed by atoms with Crippen molar-refractivity contribution in [2.24, 2.45) is 0 Å². The van der Waals surface area contributed by atoms with Crippen LogP contribution in [0.1, 0.15) is 12.5 Å². The van der Waals surface area contributed by atoms with Gasteiger partial charge in [0.25, 0.3) is 5.91 Å². The van der Waals surface area contributed by atoms with Gasteiger partial charge in [0.05, 0.1) is 6.61 Å². The van der Waals surface area contributed by atoms with Gasteiger partial charge in [-0.1, -0.05) is 30.3 Å². The van der Waals surface area contributed by atoms with Gasteiger partial charge in [-0.15, -0.1) is 0 Å². The van der Waals surface area contributed by atoms with Crippen molar-refractivity contribution in [1.29, 1.82) is 5.26 Å². The second-order valence-electron chi connectivity index (χ2n) is 4.50. The molecule has 0 aromatic heterocycles. The molecule has 112 valence electrons. The minimum atomic E-state index is -0.384. The van der Waals surface area contributed by atoms with Crippen LogP contribution < -0.4 is 5.32 Å². The van der Waals surface area contributed by atoms with Crippen LogP contribution in [-0.2, 0) is 11.2 Å². The Kier molecular flexibility index (Phi) is 7.62. The van der Waals surface area contributed by atoms with Crippen LogP contribution in [0.5, 0.6) is 0 Å². The van der Waals surface area contributed by atoms with Crippen molar-refractivity contribution in [3.05, 3.63) is 47.7 Å². The molecule has 0 aliphatic carbocycles. The molecule has 1 amide bonds. The number of aliphatic hydroxyl groups is 1.